The fourth-order valence-corrected chi connectivity index (χ4v) is 3.11. The highest BCUT2D eigenvalue weighted by atomic mass is 32.1. The van der Waals surface area contributed by atoms with Crippen LogP contribution in [0.3, 0.4) is 0 Å². The van der Waals surface area contributed by atoms with E-state index in [1.807, 2.05) is 18.3 Å². The molecule has 1 unspecified atom stereocenters. The van der Waals surface area contributed by atoms with E-state index >= 15 is 0 Å². The van der Waals surface area contributed by atoms with Gasteiger partial charge >= 0.3 is 0 Å². The summed E-state index contributed by atoms with van der Waals surface area (Å²) in [6, 6.07) is 2.42. The third-order valence-corrected chi connectivity index (χ3v) is 3.91. The van der Waals surface area contributed by atoms with Crippen LogP contribution in [-0.4, -0.2) is 15.0 Å². The maximum Gasteiger partial charge on any atom is 0.228 e. The number of nitrogens with two attached hydrogens (primary N) is 1. The standard InChI is InChI=1S/C13H19N5S.CH4/c1-5-11(10-6-7(2)19-8(10)3)17-13-16-9(4)15-12(14)18-13;/h6,11H,5H2,1-4H3,(H3,14,15,16,17,18);1H4. The first-order valence-corrected chi connectivity index (χ1v) is 7.13. The van der Waals surface area contributed by atoms with E-state index in [0.717, 1.165) is 6.42 Å². The Hall–Kier alpha value is -1.69. The molecule has 0 aromatic carbocycles. The average Bonchev–Trinajstić information content (AvgIpc) is 2.64. The first-order chi connectivity index (χ1) is 8.99. The van der Waals surface area contributed by atoms with E-state index in [9.17, 15) is 0 Å². The summed E-state index contributed by atoms with van der Waals surface area (Å²) in [6.07, 6.45) is 0.960. The van der Waals surface area contributed by atoms with Crippen LogP contribution in [0.25, 0.3) is 0 Å². The van der Waals surface area contributed by atoms with Crippen LogP contribution >= 0.6 is 11.3 Å². The lowest BCUT2D eigenvalue weighted by molar-refractivity contribution is 0.733. The number of aromatic nitrogens is 3. The zero-order valence-electron chi connectivity index (χ0n) is 11.7. The molecule has 20 heavy (non-hydrogen) atoms. The lowest BCUT2D eigenvalue weighted by Gasteiger charge is -2.17. The molecule has 5 nitrogen and oxygen atoms in total. The molecule has 0 bridgehead atoms. The van der Waals surface area contributed by atoms with Crippen LogP contribution < -0.4 is 11.1 Å². The van der Waals surface area contributed by atoms with Crippen molar-refractivity contribution in [2.45, 2.75) is 47.6 Å². The third-order valence-electron chi connectivity index (χ3n) is 2.93. The monoisotopic (exact) mass is 293 g/mol. The van der Waals surface area contributed by atoms with Gasteiger partial charge in [-0.15, -0.1) is 11.3 Å². The van der Waals surface area contributed by atoms with Gasteiger partial charge in [-0.05, 0) is 38.8 Å². The highest BCUT2D eigenvalue weighted by Gasteiger charge is 2.15. The molecule has 0 fully saturated rings. The lowest BCUT2D eigenvalue weighted by Crippen LogP contribution is -2.14. The van der Waals surface area contributed by atoms with E-state index in [4.69, 9.17) is 5.73 Å². The summed E-state index contributed by atoms with van der Waals surface area (Å²) in [4.78, 5) is 15.0. The maximum atomic E-state index is 5.65. The van der Waals surface area contributed by atoms with Gasteiger partial charge in [-0.25, -0.2) is 0 Å². The molecule has 0 radical (unpaired) electrons. The SMILES string of the molecule is C.CCC(Nc1nc(C)nc(N)n1)c1cc(C)sc1C. The van der Waals surface area contributed by atoms with E-state index in [2.05, 4.69) is 47.1 Å². The molecule has 0 aliphatic heterocycles. The van der Waals surface area contributed by atoms with Gasteiger partial charge in [0, 0.05) is 9.75 Å². The van der Waals surface area contributed by atoms with Crippen molar-refractivity contribution < 1.29 is 0 Å². The van der Waals surface area contributed by atoms with Gasteiger partial charge < -0.3 is 11.1 Å². The Bertz CT molecular complexity index is 559. The number of nitrogen functional groups attached to an aromatic ring is 1. The van der Waals surface area contributed by atoms with Crippen molar-refractivity contribution in [1.82, 2.24) is 15.0 Å². The molecular weight excluding hydrogens is 270 g/mol. The van der Waals surface area contributed by atoms with E-state index in [1.165, 1.54) is 15.3 Å². The molecule has 0 aliphatic carbocycles. The number of nitrogens with one attached hydrogen (secondary N) is 1. The Morgan fingerprint density at radius 2 is 1.95 bits per heavy atom. The highest BCUT2D eigenvalue weighted by Crippen LogP contribution is 2.30. The molecule has 0 saturated carbocycles. The van der Waals surface area contributed by atoms with Crippen molar-refractivity contribution in [3.05, 3.63) is 27.2 Å². The second-order valence-corrected chi connectivity index (χ2v) is 6.00. The van der Waals surface area contributed by atoms with Crippen molar-refractivity contribution >= 4 is 23.2 Å². The van der Waals surface area contributed by atoms with Crippen LogP contribution in [0.1, 0.15) is 48.0 Å². The minimum atomic E-state index is 0. The number of hydrogen-bond donors (Lipinski definition) is 2. The Labute approximate surface area is 124 Å². The molecule has 0 spiro atoms. The Kier molecular flexibility index (Phi) is 5.44. The third kappa shape index (κ3) is 3.66. The molecule has 2 heterocycles. The molecule has 6 heteroatoms. The van der Waals surface area contributed by atoms with Gasteiger partial charge in [0.25, 0.3) is 0 Å². The number of rotatable bonds is 4. The summed E-state index contributed by atoms with van der Waals surface area (Å²) in [5, 5.41) is 3.35. The predicted molar refractivity (Wildman–Crippen MR) is 86.2 cm³/mol. The number of hydrogen-bond acceptors (Lipinski definition) is 6. The van der Waals surface area contributed by atoms with Gasteiger partial charge in [0.2, 0.25) is 11.9 Å². The summed E-state index contributed by atoms with van der Waals surface area (Å²) in [5.41, 5.74) is 6.96. The van der Waals surface area contributed by atoms with Gasteiger partial charge in [-0.2, -0.15) is 15.0 Å². The average molecular weight is 293 g/mol. The normalized spacial score (nSPS) is 11.8. The quantitative estimate of drug-likeness (QED) is 0.900. The molecule has 2 aromatic heterocycles. The molecule has 0 saturated heterocycles. The molecule has 0 aliphatic rings. The fourth-order valence-electron chi connectivity index (χ4n) is 2.12. The van der Waals surface area contributed by atoms with Gasteiger partial charge in [0.1, 0.15) is 5.82 Å². The Morgan fingerprint density at radius 1 is 1.25 bits per heavy atom. The maximum absolute atomic E-state index is 5.65. The molecule has 3 N–H and O–H groups in total. The summed E-state index contributed by atoms with van der Waals surface area (Å²) in [7, 11) is 0. The summed E-state index contributed by atoms with van der Waals surface area (Å²) < 4.78 is 0. The largest absolute Gasteiger partial charge is 0.368 e. The summed E-state index contributed by atoms with van der Waals surface area (Å²) >= 11 is 1.81. The van der Waals surface area contributed by atoms with E-state index in [0.29, 0.717) is 11.8 Å². The first-order valence-electron chi connectivity index (χ1n) is 6.31. The topological polar surface area (TPSA) is 76.7 Å². The van der Waals surface area contributed by atoms with Crippen molar-refractivity contribution in [2.75, 3.05) is 11.1 Å². The highest BCUT2D eigenvalue weighted by molar-refractivity contribution is 7.12. The number of nitrogens with zero attached hydrogens (tertiary/aromatic N) is 3. The van der Waals surface area contributed by atoms with Crippen LogP contribution in [0, 0.1) is 20.8 Å². The van der Waals surface area contributed by atoms with Crippen LogP contribution in [0.2, 0.25) is 0 Å². The van der Waals surface area contributed by atoms with E-state index in [1.54, 1.807) is 0 Å². The van der Waals surface area contributed by atoms with Gasteiger partial charge in [0.05, 0.1) is 6.04 Å². The second-order valence-electron chi connectivity index (χ2n) is 4.54. The molecule has 110 valence electrons. The predicted octanol–water partition coefficient (Wildman–Crippen LogP) is 3.64. The molecular formula is C14H23N5S. The zero-order chi connectivity index (χ0) is 14.0. The lowest BCUT2D eigenvalue weighted by atomic mass is 10.1. The minimum Gasteiger partial charge on any atom is -0.368 e. The Morgan fingerprint density at radius 3 is 2.45 bits per heavy atom. The number of thiophene rings is 1. The van der Waals surface area contributed by atoms with Crippen LogP contribution in [0.15, 0.2) is 6.07 Å². The molecule has 2 rings (SSSR count). The summed E-state index contributed by atoms with van der Waals surface area (Å²) in [5.74, 6) is 1.42. The van der Waals surface area contributed by atoms with Gasteiger partial charge in [0.15, 0.2) is 0 Å². The van der Waals surface area contributed by atoms with Crippen molar-refractivity contribution in [2.24, 2.45) is 0 Å². The number of aryl methyl sites for hydroxylation is 3. The van der Waals surface area contributed by atoms with Crippen molar-refractivity contribution in [1.29, 1.82) is 0 Å². The van der Waals surface area contributed by atoms with Crippen molar-refractivity contribution in [3.8, 4) is 0 Å². The second kappa shape index (κ2) is 6.65. The van der Waals surface area contributed by atoms with Crippen LogP contribution in [0.4, 0.5) is 11.9 Å². The van der Waals surface area contributed by atoms with Gasteiger partial charge in [-0.3, -0.25) is 0 Å². The fraction of sp³-hybridized carbons (Fsp3) is 0.500. The van der Waals surface area contributed by atoms with E-state index in [-0.39, 0.29) is 19.4 Å². The van der Waals surface area contributed by atoms with Crippen molar-refractivity contribution in [3.63, 3.8) is 0 Å². The summed E-state index contributed by atoms with van der Waals surface area (Å²) in [6.45, 7) is 8.22. The van der Waals surface area contributed by atoms with Crippen LogP contribution in [-0.2, 0) is 0 Å². The molecule has 1 atom stereocenters. The first kappa shape index (κ1) is 16.4. The van der Waals surface area contributed by atoms with Gasteiger partial charge in [-0.1, -0.05) is 14.4 Å². The van der Waals surface area contributed by atoms with Crippen LogP contribution in [0.5, 0.6) is 0 Å². The zero-order valence-corrected chi connectivity index (χ0v) is 12.5. The Balaban J connectivity index is 0.00000200. The smallest absolute Gasteiger partial charge is 0.228 e. The number of anilines is 2. The molecule has 0 amide bonds. The van der Waals surface area contributed by atoms with E-state index < -0.39 is 0 Å². The molecule has 2 aromatic rings. The minimum absolute atomic E-state index is 0.